The van der Waals surface area contributed by atoms with Crippen molar-refractivity contribution in [3.8, 4) is 11.5 Å². The van der Waals surface area contributed by atoms with E-state index in [0.29, 0.717) is 6.61 Å². The molecule has 0 spiro atoms. The quantitative estimate of drug-likeness (QED) is 0.363. The Hall–Kier alpha value is -2.28. The summed E-state index contributed by atoms with van der Waals surface area (Å²) in [4.78, 5) is 0. The van der Waals surface area contributed by atoms with Gasteiger partial charge in [-0.3, -0.25) is 5.32 Å². The average molecular weight is 530 g/mol. The third kappa shape index (κ3) is 4.72. The highest BCUT2D eigenvalue weighted by Crippen LogP contribution is 2.35. The molecule has 0 fully saturated rings. The molecular formula is C24H22Br2N2O2. The molecule has 1 aliphatic heterocycles. The third-order valence-electron chi connectivity index (χ3n) is 4.98. The van der Waals surface area contributed by atoms with Crippen LogP contribution in [0.25, 0.3) is 5.70 Å². The Balaban J connectivity index is 1.73. The lowest BCUT2D eigenvalue weighted by atomic mass is 9.98. The lowest BCUT2D eigenvalue weighted by Crippen LogP contribution is -2.39. The van der Waals surface area contributed by atoms with Crippen LogP contribution in [0.5, 0.6) is 11.5 Å². The molecule has 0 amide bonds. The molecule has 4 nitrogen and oxygen atoms in total. The summed E-state index contributed by atoms with van der Waals surface area (Å²) in [5.74, 6) is 1.11. The minimum absolute atomic E-state index is 0.118. The Morgan fingerprint density at radius 1 is 0.933 bits per heavy atom. The van der Waals surface area contributed by atoms with E-state index < -0.39 is 0 Å². The summed E-state index contributed by atoms with van der Waals surface area (Å²) in [7, 11) is 0. The van der Waals surface area contributed by atoms with E-state index in [0.717, 1.165) is 37.1 Å². The van der Waals surface area contributed by atoms with Gasteiger partial charge in [0.1, 0.15) is 17.7 Å². The van der Waals surface area contributed by atoms with Crippen LogP contribution in [0.3, 0.4) is 0 Å². The first kappa shape index (κ1) is 21.0. The zero-order chi connectivity index (χ0) is 21.1. The van der Waals surface area contributed by atoms with Crippen molar-refractivity contribution in [1.82, 2.24) is 10.6 Å². The molecule has 3 aromatic carbocycles. The van der Waals surface area contributed by atoms with Crippen molar-refractivity contribution in [3.05, 3.63) is 98.4 Å². The first-order valence-electron chi connectivity index (χ1n) is 9.75. The van der Waals surface area contributed by atoms with E-state index in [1.165, 1.54) is 0 Å². The maximum atomic E-state index is 10.5. The van der Waals surface area contributed by atoms with E-state index in [-0.39, 0.29) is 18.0 Å². The van der Waals surface area contributed by atoms with Crippen molar-refractivity contribution in [2.75, 3.05) is 6.61 Å². The van der Waals surface area contributed by atoms with E-state index in [4.69, 9.17) is 4.74 Å². The van der Waals surface area contributed by atoms with Gasteiger partial charge in [-0.25, -0.2) is 0 Å². The normalized spacial score (nSPS) is 18.4. The van der Waals surface area contributed by atoms with Gasteiger partial charge in [0, 0.05) is 20.2 Å². The van der Waals surface area contributed by atoms with Gasteiger partial charge in [0.15, 0.2) is 0 Å². The summed E-state index contributed by atoms with van der Waals surface area (Å²) in [6, 6.07) is 21.6. The number of ether oxygens (including phenoxy) is 1. The fraction of sp³-hybridized carbons (Fsp3) is 0.167. The molecule has 0 saturated heterocycles. The summed E-state index contributed by atoms with van der Waals surface area (Å²) in [5, 5.41) is 17.7. The molecular weight excluding hydrogens is 508 g/mol. The van der Waals surface area contributed by atoms with Gasteiger partial charge in [-0.1, -0.05) is 44.0 Å². The second-order valence-corrected chi connectivity index (χ2v) is 8.85. The molecule has 1 aliphatic rings. The molecule has 3 N–H and O–H groups in total. The van der Waals surface area contributed by atoms with Crippen molar-refractivity contribution in [2.24, 2.45) is 0 Å². The molecule has 4 rings (SSSR count). The first-order valence-corrected chi connectivity index (χ1v) is 11.3. The van der Waals surface area contributed by atoms with Gasteiger partial charge in [0.25, 0.3) is 0 Å². The van der Waals surface area contributed by atoms with Crippen LogP contribution >= 0.6 is 31.9 Å². The highest BCUT2D eigenvalue weighted by atomic mass is 79.9. The fourth-order valence-electron chi connectivity index (χ4n) is 3.51. The molecule has 2 unspecified atom stereocenters. The monoisotopic (exact) mass is 528 g/mol. The van der Waals surface area contributed by atoms with Gasteiger partial charge in [0.2, 0.25) is 0 Å². The van der Waals surface area contributed by atoms with Crippen LogP contribution in [-0.2, 0) is 0 Å². The number of aromatic hydroxyl groups is 1. The topological polar surface area (TPSA) is 53.5 Å². The lowest BCUT2D eigenvalue weighted by Gasteiger charge is -2.33. The number of hydrogen-bond acceptors (Lipinski definition) is 4. The van der Waals surface area contributed by atoms with Crippen LogP contribution in [0.1, 0.15) is 35.8 Å². The third-order valence-corrected chi connectivity index (χ3v) is 6.01. The van der Waals surface area contributed by atoms with Gasteiger partial charge >= 0.3 is 0 Å². The molecule has 6 heteroatoms. The van der Waals surface area contributed by atoms with Crippen LogP contribution < -0.4 is 15.4 Å². The zero-order valence-electron chi connectivity index (χ0n) is 16.4. The first-order chi connectivity index (χ1) is 14.5. The highest BCUT2D eigenvalue weighted by molar-refractivity contribution is 9.10. The summed E-state index contributed by atoms with van der Waals surface area (Å²) < 4.78 is 7.53. The predicted molar refractivity (Wildman–Crippen MR) is 127 cm³/mol. The molecule has 2 atom stereocenters. The van der Waals surface area contributed by atoms with Gasteiger partial charge in [-0.15, -0.1) is 0 Å². The van der Waals surface area contributed by atoms with Crippen molar-refractivity contribution in [3.63, 3.8) is 0 Å². The molecule has 1 heterocycles. The van der Waals surface area contributed by atoms with Crippen LogP contribution in [-0.4, -0.2) is 11.7 Å². The molecule has 0 radical (unpaired) electrons. The van der Waals surface area contributed by atoms with Gasteiger partial charge < -0.3 is 15.2 Å². The Morgan fingerprint density at radius 3 is 2.33 bits per heavy atom. The van der Waals surface area contributed by atoms with E-state index in [2.05, 4.69) is 60.7 Å². The van der Waals surface area contributed by atoms with Gasteiger partial charge in [-0.2, -0.15) is 0 Å². The van der Waals surface area contributed by atoms with E-state index in [1.807, 2.05) is 55.5 Å². The maximum absolute atomic E-state index is 10.5. The van der Waals surface area contributed by atoms with Crippen molar-refractivity contribution in [2.45, 2.75) is 19.1 Å². The molecule has 30 heavy (non-hydrogen) atoms. The highest BCUT2D eigenvalue weighted by Gasteiger charge is 2.25. The smallest absolute Gasteiger partial charge is 0.120 e. The standard InChI is InChI=1S/C24H22Br2N2O2/c1-2-30-19-10-5-15(6-11-19)21-14-22(20-13-18(26)9-12-23(20)29)28-24(27-21)16-3-7-17(25)8-4-16/h3-14,22,24,27-29H,2H2,1H3. The number of nitrogens with one attached hydrogen (secondary N) is 2. The average Bonchev–Trinajstić information content (AvgIpc) is 2.76. The summed E-state index contributed by atoms with van der Waals surface area (Å²) in [5.41, 5.74) is 3.97. The number of phenolic OH excluding ortho intramolecular Hbond substituents is 1. The molecule has 3 aromatic rings. The Bertz CT molecular complexity index is 1050. The van der Waals surface area contributed by atoms with Gasteiger partial charge in [0.05, 0.1) is 12.6 Å². The molecule has 154 valence electrons. The van der Waals surface area contributed by atoms with Crippen LogP contribution in [0, 0.1) is 0 Å². The predicted octanol–water partition coefficient (Wildman–Crippen LogP) is 6.29. The molecule has 0 aliphatic carbocycles. The SMILES string of the molecule is CCOc1ccc(C2=CC(c3cc(Br)ccc3O)NC(c3ccc(Br)cc3)N2)cc1. The number of benzene rings is 3. The van der Waals surface area contributed by atoms with Crippen molar-refractivity contribution in [1.29, 1.82) is 0 Å². The zero-order valence-corrected chi connectivity index (χ0v) is 19.6. The Labute approximate surface area is 193 Å². The van der Waals surface area contributed by atoms with Crippen LogP contribution in [0.15, 0.2) is 81.8 Å². The van der Waals surface area contributed by atoms with Crippen LogP contribution in [0.2, 0.25) is 0 Å². The number of hydrogen-bond donors (Lipinski definition) is 3. The second kappa shape index (κ2) is 9.25. The number of phenols is 1. The maximum Gasteiger partial charge on any atom is 0.120 e. The van der Waals surface area contributed by atoms with E-state index in [1.54, 1.807) is 6.07 Å². The van der Waals surface area contributed by atoms with E-state index >= 15 is 0 Å². The summed E-state index contributed by atoms with van der Waals surface area (Å²) in [6.07, 6.45) is 1.99. The van der Waals surface area contributed by atoms with Gasteiger partial charge in [-0.05, 0) is 78.7 Å². The van der Waals surface area contributed by atoms with Crippen molar-refractivity contribution >= 4 is 37.6 Å². The fourth-order valence-corrected chi connectivity index (χ4v) is 4.15. The molecule has 0 bridgehead atoms. The molecule has 0 saturated carbocycles. The second-order valence-electron chi connectivity index (χ2n) is 7.01. The summed E-state index contributed by atoms with van der Waals surface area (Å²) in [6.45, 7) is 2.61. The minimum atomic E-state index is -0.168. The summed E-state index contributed by atoms with van der Waals surface area (Å²) >= 11 is 7.02. The molecule has 0 aromatic heterocycles. The Kier molecular flexibility index (Phi) is 6.46. The lowest BCUT2D eigenvalue weighted by molar-refractivity contribution is 0.340. The van der Waals surface area contributed by atoms with E-state index in [9.17, 15) is 5.11 Å². The Morgan fingerprint density at radius 2 is 1.63 bits per heavy atom. The number of rotatable bonds is 5. The number of halogens is 2. The van der Waals surface area contributed by atoms with Crippen molar-refractivity contribution < 1.29 is 9.84 Å². The van der Waals surface area contributed by atoms with Crippen LogP contribution in [0.4, 0.5) is 0 Å². The minimum Gasteiger partial charge on any atom is -0.508 e. The largest absolute Gasteiger partial charge is 0.508 e.